The highest BCUT2D eigenvalue weighted by Crippen LogP contribution is 2.24. The van der Waals surface area contributed by atoms with Crippen LogP contribution in [0.1, 0.15) is 27.4 Å². The monoisotopic (exact) mass is 389 g/mol. The predicted molar refractivity (Wildman–Crippen MR) is 108 cm³/mol. The minimum absolute atomic E-state index is 0.263. The highest BCUT2D eigenvalue weighted by atomic mass is 19.1. The Kier molecular flexibility index (Phi) is 4.99. The largest absolute Gasteiger partial charge is 0.467 e. The van der Waals surface area contributed by atoms with Crippen LogP contribution in [0, 0.1) is 19.7 Å². The van der Waals surface area contributed by atoms with Gasteiger partial charge in [0.05, 0.1) is 24.2 Å². The Morgan fingerprint density at radius 3 is 2.55 bits per heavy atom. The molecule has 0 saturated heterocycles. The molecule has 146 valence electrons. The zero-order valence-corrected chi connectivity index (χ0v) is 16.1. The topological polar surface area (TPSA) is 60.1 Å². The van der Waals surface area contributed by atoms with Crippen LogP contribution in [0.2, 0.25) is 0 Å². The molecule has 2 aromatic heterocycles. The number of hydrogen-bond acceptors (Lipinski definition) is 3. The molecule has 4 aromatic rings. The van der Waals surface area contributed by atoms with Crippen LogP contribution in [0.15, 0.2) is 71.3 Å². The highest BCUT2D eigenvalue weighted by Gasteiger charge is 2.18. The van der Waals surface area contributed by atoms with Crippen LogP contribution in [-0.2, 0) is 6.54 Å². The van der Waals surface area contributed by atoms with Gasteiger partial charge < -0.3 is 9.73 Å². The molecular formula is C23H20FN3O2. The van der Waals surface area contributed by atoms with E-state index in [0.29, 0.717) is 22.8 Å². The Balaban J connectivity index is 1.72. The van der Waals surface area contributed by atoms with Crippen molar-refractivity contribution in [2.24, 2.45) is 0 Å². The number of amides is 1. The van der Waals surface area contributed by atoms with Gasteiger partial charge in [-0.3, -0.25) is 4.79 Å². The molecule has 0 bridgehead atoms. The van der Waals surface area contributed by atoms with Crippen LogP contribution in [0.5, 0.6) is 0 Å². The summed E-state index contributed by atoms with van der Waals surface area (Å²) < 4.78 is 20.2. The second-order valence-corrected chi connectivity index (χ2v) is 6.86. The number of nitrogens with one attached hydrogen (secondary N) is 1. The van der Waals surface area contributed by atoms with E-state index in [1.165, 1.54) is 22.4 Å². The normalized spacial score (nSPS) is 10.9. The summed E-state index contributed by atoms with van der Waals surface area (Å²) in [5.41, 5.74) is 4.86. The molecule has 0 atom stereocenters. The summed E-state index contributed by atoms with van der Waals surface area (Å²) in [6, 6.07) is 17.2. The molecule has 0 saturated carbocycles. The Labute approximate surface area is 167 Å². The molecular weight excluding hydrogens is 369 g/mol. The van der Waals surface area contributed by atoms with E-state index in [2.05, 4.69) is 10.4 Å². The fourth-order valence-electron chi connectivity index (χ4n) is 3.03. The van der Waals surface area contributed by atoms with Crippen molar-refractivity contribution < 1.29 is 13.6 Å². The van der Waals surface area contributed by atoms with E-state index in [0.717, 1.165) is 11.1 Å². The van der Waals surface area contributed by atoms with Crippen LogP contribution < -0.4 is 5.32 Å². The van der Waals surface area contributed by atoms with Crippen molar-refractivity contribution in [3.05, 3.63) is 95.3 Å². The number of furan rings is 1. The predicted octanol–water partition coefficient (Wildman–Crippen LogP) is 4.82. The van der Waals surface area contributed by atoms with Crippen molar-refractivity contribution in [3.63, 3.8) is 0 Å². The lowest BCUT2D eigenvalue weighted by Gasteiger charge is -2.07. The molecule has 2 aromatic carbocycles. The van der Waals surface area contributed by atoms with E-state index in [1.807, 2.05) is 32.0 Å². The first-order valence-electron chi connectivity index (χ1n) is 9.25. The number of carbonyl (C=O) groups is 1. The van der Waals surface area contributed by atoms with Crippen molar-refractivity contribution in [3.8, 4) is 16.9 Å². The fraction of sp³-hybridized carbons (Fsp3) is 0.130. The average Bonchev–Trinajstić information content (AvgIpc) is 3.39. The maximum atomic E-state index is 13.4. The summed E-state index contributed by atoms with van der Waals surface area (Å²) in [7, 11) is 0. The first kappa shape index (κ1) is 18.7. The van der Waals surface area contributed by atoms with Crippen LogP contribution in [-0.4, -0.2) is 15.7 Å². The lowest BCUT2D eigenvalue weighted by molar-refractivity contribution is 0.0940. The zero-order chi connectivity index (χ0) is 20.4. The number of hydrogen-bond donors (Lipinski definition) is 1. The molecule has 2 heterocycles. The van der Waals surface area contributed by atoms with Crippen molar-refractivity contribution in [1.82, 2.24) is 15.1 Å². The van der Waals surface area contributed by atoms with Gasteiger partial charge in [-0.25, -0.2) is 9.07 Å². The highest BCUT2D eigenvalue weighted by molar-refractivity contribution is 5.94. The summed E-state index contributed by atoms with van der Waals surface area (Å²) in [6.45, 7) is 4.34. The van der Waals surface area contributed by atoms with Crippen molar-refractivity contribution in [2.45, 2.75) is 20.4 Å². The molecule has 0 spiro atoms. The molecule has 0 aliphatic heterocycles. The number of halogens is 1. The first-order valence-corrected chi connectivity index (χ1v) is 9.25. The van der Waals surface area contributed by atoms with Gasteiger partial charge in [-0.05, 0) is 73.5 Å². The number of carbonyl (C=O) groups excluding carboxylic acids is 1. The van der Waals surface area contributed by atoms with Crippen molar-refractivity contribution in [1.29, 1.82) is 0 Å². The molecule has 0 aliphatic carbocycles. The van der Waals surface area contributed by atoms with Crippen LogP contribution in [0.25, 0.3) is 16.9 Å². The molecule has 1 N–H and O–H groups in total. The molecule has 0 aliphatic rings. The molecule has 0 radical (unpaired) electrons. The number of aryl methyl sites for hydroxylation is 2. The molecule has 1 amide bonds. The minimum atomic E-state index is -0.348. The molecule has 0 fully saturated rings. The lowest BCUT2D eigenvalue weighted by atomic mass is 10.0. The van der Waals surface area contributed by atoms with Gasteiger partial charge in [-0.2, -0.15) is 5.10 Å². The summed E-state index contributed by atoms with van der Waals surface area (Å²) in [6.07, 6.45) is 1.56. The number of benzene rings is 2. The third kappa shape index (κ3) is 3.96. The third-order valence-corrected chi connectivity index (χ3v) is 4.82. The van der Waals surface area contributed by atoms with Gasteiger partial charge in [-0.15, -0.1) is 0 Å². The van der Waals surface area contributed by atoms with E-state index in [1.54, 1.807) is 36.6 Å². The second kappa shape index (κ2) is 7.75. The maximum absolute atomic E-state index is 13.4. The summed E-state index contributed by atoms with van der Waals surface area (Å²) in [5, 5.41) is 7.47. The van der Waals surface area contributed by atoms with Crippen LogP contribution in [0.4, 0.5) is 4.39 Å². The van der Waals surface area contributed by atoms with Gasteiger partial charge in [0, 0.05) is 5.56 Å². The standard InChI is InChI=1S/C23H20FN3O2/c1-15-5-6-17(12-16(15)2)21-13-22(23(28)25-14-20-4-3-11-29-20)27(26-21)19-9-7-18(24)8-10-19/h3-13H,14H2,1-2H3,(H,25,28). The van der Waals surface area contributed by atoms with Crippen molar-refractivity contribution in [2.75, 3.05) is 0 Å². The van der Waals surface area contributed by atoms with E-state index < -0.39 is 0 Å². The molecule has 29 heavy (non-hydrogen) atoms. The SMILES string of the molecule is Cc1ccc(-c2cc(C(=O)NCc3ccco3)n(-c3ccc(F)cc3)n2)cc1C. The minimum Gasteiger partial charge on any atom is -0.467 e. The molecule has 6 heteroatoms. The van der Waals surface area contributed by atoms with Crippen molar-refractivity contribution >= 4 is 5.91 Å². The van der Waals surface area contributed by atoms with Gasteiger partial charge in [0.1, 0.15) is 17.3 Å². The van der Waals surface area contributed by atoms with Gasteiger partial charge in [0.2, 0.25) is 0 Å². The van der Waals surface area contributed by atoms with E-state index in [-0.39, 0.29) is 18.3 Å². The Hall–Kier alpha value is -3.67. The number of nitrogens with zero attached hydrogens (tertiary/aromatic N) is 2. The van der Waals surface area contributed by atoms with E-state index in [4.69, 9.17) is 4.42 Å². The Bertz CT molecular complexity index is 1150. The number of rotatable bonds is 5. The molecule has 4 rings (SSSR count). The van der Waals surface area contributed by atoms with Gasteiger partial charge in [-0.1, -0.05) is 12.1 Å². The molecule has 0 unspecified atom stereocenters. The smallest absolute Gasteiger partial charge is 0.270 e. The van der Waals surface area contributed by atoms with E-state index >= 15 is 0 Å². The fourth-order valence-corrected chi connectivity index (χ4v) is 3.03. The summed E-state index contributed by atoms with van der Waals surface area (Å²) in [5.74, 6) is 0.00741. The van der Waals surface area contributed by atoms with Gasteiger partial charge in [0.25, 0.3) is 5.91 Å². The lowest BCUT2D eigenvalue weighted by Crippen LogP contribution is -2.25. The van der Waals surface area contributed by atoms with Crippen LogP contribution in [0.3, 0.4) is 0 Å². The quantitative estimate of drug-likeness (QED) is 0.532. The van der Waals surface area contributed by atoms with E-state index in [9.17, 15) is 9.18 Å². The van der Waals surface area contributed by atoms with Crippen LogP contribution >= 0.6 is 0 Å². The Morgan fingerprint density at radius 1 is 1.07 bits per heavy atom. The molecule has 5 nitrogen and oxygen atoms in total. The zero-order valence-electron chi connectivity index (χ0n) is 16.1. The first-order chi connectivity index (χ1) is 14.0. The van der Waals surface area contributed by atoms with Gasteiger partial charge >= 0.3 is 0 Å². The Morgan fingerprint density at radius 2 is 1.86 bits per heavy atom. The summed E-state index contributed by atoms with van der Waals surface area (Å²) >= 11 is 0. The van der Waals surface area contributed by atoms with Gasteiger partial charge in [0.15, 0.2) is 0 Å². The second-order valence-electron chi connectivity index (χ2n) is 6.86. The number of aromatic nitrogens is 2. The summed E-state index contributed by atoms with van der Waals surface area (Å²) in [4.78, 5) is 12.9. The average molecular weight is 389 g/mol. The maximum Gasteiger partial charge on any atom is 0.270 e. The third-order valence-electron chi connectivity index (χ3n) is 4.82.